The molecule has 1 amide bonds. The first-order chi connectivity index (χ1) is 14.1. The zero-order valence-electron chi connectivity index (χ0n) is 17.0. The Kier molecular flexibility index (Phi) is 8.96. The number of aromatic nitrogens is 2. The summed E-state index contributed by atoms with van der Waals surface area (Å²) in [5, 5.41) is 0. The summed E-state index contributed by atoms with van der Waals surface area (Å²) in [5.41, 5.74) is 2.66. The fraction of sp³-hybridized carbons (Fsp3) is 0.292. The van der Waals surface area contributed by atoms with E-state index >= 15 is 0 Å². The SMILES string of the molecule is C=C/C=C(/CCCCN(CCC)C(=O)c1cccnc1-c1ccncc1)C(=C)F. The molecule has 0 spiro atoms. The highest BCUT2D eigenvalue weighted by molar-refractivity contribution is 5.99. The van der Waals surface area contributed by atoms with Crippen molar-refractivity contribution in [2.24, 2.45) is 0 Å². The van der Waals surface area contributed by atoms with Crippen molar-refractivity contribution in [2.45, 2.75) is 32.6 Å². The van der Waals surface area contributed by atoms with E-state index in [2.05, 4.69) is 23.1 Å². The number of nitrogens with zero attached hydrogens (tertiary/aromatic N) is 3. The molecule has 0 unspecified atom stereocenters. The number of hydrogen-bond donors (Lipinski definition) is 0. The van der Waals surface area contributed by atoms with Crippen LogP contribution in [0.1, 0.15) is 43.0 Å². The number of carbonyl (C=O) groups excluding carboxylic acids is 1. The molecule has 5 heteroatoms. The highest BCUT2D eigenvalue weighted by Gasteiger charge is 2.19. The van der Waals surface area contributed by atoms with Crippen LogP contribution in [0.2, 0.25) is 0 Å². The molecule has 0 radical (unpaired) electrons. The molecule has 2 rings (SSSR count). The molecule has 0 saturated carbocycles. The van der Waals surface area contributed by atoms with E-state index in [4.69, 9.17) is 0 Å². The number of amides is 1. The number of pyridine rings is 2. The molecule has 0 aromatic carbocycles. The molecule has 0 aliphatic carbocycles. The summed E-state index contributed by atoms with van der Waals surface area (Å²) in [7, 11) is 0. The third-order valence-electron chi connectivity index (χ3n) is 4.56. The van der Waals surface area contributed by atoms with Gasteiger partial charge in [-0.25, -0.2) is 4.39 Å². The molecule has 0 atom stereocenters. The second-order valence-corrected chi connectivity index (χ2v) is 6.72. The average Bonchev–Trinajstić information content (AvgIpc) is 2.75. The maximum Gasteiger partial charge on any atom is 0.256 e. The van der Waals surface area contributed by atoms with Gasteiger partial charge in [-0.15, -0.1) is 0 Å². The van der Waals surface area contributed by atoms with Crippen molar-refractivity contribution in [2.75, 3.05) is 13.1 Å². The van der Waals surface area contributed by atoms with Gasteiger partial charge in [-0.05, 0) is 55.5 Å². The van der Waals surface area contributed by atoms with E-state index in [0.717, 1.165) is 24.8 Å². The van der Waals surface area contributed by atoms with Crippen LogP contribution in [-0.2, 0) is 0 Å². The van der Waals surface area contributed by atoms with E-state index in [1.807, 2.05) is 30.0 Å². The second-order valence-electron chi connectivity index (χ2n) is 6.72. The first-order valence-corrected chi connectivity index (χ1v) is 9.89. The molecule has 0 aliphatic rings. The fourth-order valence-corrected chi connectivity index (χ4v) is 3.14. The standard InChI is InChI=1S/C24H28FN3O/c1-4-9-20(19(3)25)10-6-7-18-28(17-5-2)24(29)22-11-8-14-27-23(22)21-12-15-26-16-13-21/h4,8-9,11-16H,1,3,5-7,10,17-18H2,2H3/b20-9-. The Bertz CT molecular complexity index is 861. The molecule has 2 aromatic heterocycles. The zero-order chi connectivity index (χ0) is 21.1. The van der Waals surface area contributed by atoms with Crippen LogP contribution < -0.4 is 0 Å². The van der Waals surface area contributed by atoms with E-state index in [-0.39, 0.29) is 5.91 Å². The maximum absolute atomic E-state index is 13.4. The van der Waals surface area contributed by atoms with Gasteiger partial charge in [0.2, 0.25) is 0 Å². The normalized spacial score (nSPS) is 11.2. The lowest BCUT2D eigenvalue weighted by Crippen LogP contribution is -2.33. The lowest BCUT2D eigenvalue weighted by atomic mass is 10.0. The smallest absolute Gasteiger partial charge is 0.256 e. The molecular formula is C24H28FN3O. The van der Waals surface area contributed by atoms with Gasteiger partial charge in [0.25, 0.3) is 5.91 Å². The Morgan fingerprint density at radius 2 is 1.93 bits per heavy atom. The van der Waals surface area contributed by atoms with Gasteiger partial charge in [0.05, 0.1) is 11.3 Å². The third kappa shape index (κ3) is 6.49. The van der Waals surface area contributed by atoms with Gasteiger partial charge in [-0.1, -0.05) is 32.2 Å². The monoisotopic (exact) mass is 393 g/mol. The highest BCUT2D eigenvalue weighted by Crippen LogP contribution is 2.22. The predicted molar refractivity (Wildman–Crippen MR) is 116 cm³/mol. The van der Waals surface area contributed by atoms with E-state index in [1.165, 1.54) is 0 Å². The van der Waals surface area contributed by atoms with Crippen molar-refractivity contribution < 1.29 is 9.18 Å². The van der Waals surface area contributed by atoms with Crippen LogP contribution in [0.4, 0.5) is 4.39 Å². The van der Waals surface area contributed by atoms with Crippen LogP contribution in [-0.4, -0.2) is 33.9 Å². The van der Waals surface area contributed by atoms with Crippen molar-refractivity contribution >= 4 is 5.91 Å². The Labute approximate surface area is 172 Å². The van der Waals surface area contributed by atoms with E-state index in [9.17, 15) is 9.18 Å². The van der Waals surface area contributed by atoms with Crippen LogP contribution in [0.15, 0.2) is 79.6 Å². The quantitative estimate of drug-likeness (QED) is 0.360. The number of unbranched alkanes of at least 4 members (excludes halogenated alkanes) is 1. The minimum Gasteiger partial charge on any atom is -0.339 e. The summed E-state index contributed by atoms with van der Waals surface area (Å²) in [6.45, 7) is 10.3. The fourth-order valence-electron chi connectivity index (χ4n) is 3.14. The van der Waals surface area contributed by atoms with Crippen LogP contribution in [0.25, 0.3) is 11.3 Å². The maximum atomic E-state index is 13.4. The molecule has 0 saturated heterocycles. The number of allylic oxidation sites excluding steroid dienone is 4. The summed E-state index contributed by atoms with van der Waals surface area (Å²) in [4.78, 5) is 23.6. The van der Waals surface area contributed by atoms with Crippen LogP contribution in [0.5, 0.6) is 0 Å². The molecule has 4 nitrogen and oxygen atoms in total. The minimum absolute atomic E-state index is 0.0384. The van der Waals surface area contributed by atoms with Crippen molar-refractivity contribution in [3.8, 4) is 11.3 Å². The van der Waals surface area contributed by atoms with Gasteiger partial charge >= 0.3 is 0 Å². The van der Waals surface area contributed by atoms with Crippen LogP contribution in [0.3, 0.4) is 0 Å². The van der Waals surface area contributed by atoms with Crippen molar-refractivity contribution in [1.29, 1.82) is 0 Å². The van der Waals surface area contributed by atoms with Crippen molar-refractivity contribution in [3.05, 3.63) is 85.1 Å². The van der Waals surface area contributed by atoms with E-state index in [1.54, 1.807) is 36.8 Å². The van der Waals surface area contributed by atoms with Crippen LogP contribution >= 0.6 is 0 Å². The van der Waals surface area contributed by atoms with E-state index < -0.39 is 5.83 Å². The van der Waals surface area contributed by atoms with E-state index in [0.29, 0.717) is 36.3 Å². The van der Waals surface area contributed by atoms with Gasteiger partial charge < -0.3 is 4.90 Å². The summed E-state index contributed by atoms with van der Waals surface area (Å²) < 4.78 is 13.4. The number of rotatable bonds is 11. The minimum atomic E-state index is -0.427. The van der Waals surface area contributed by atoms with Gasteiger partial charge in [0, 0.05) is 37.2 Å². The lowest BCUT2D eigenvalue weighted by Gasteiger charge is -2.23. The number of halogens is 1. The first kappa shape index (κ1) is 22.2. The highest BCUT2D eigenvalue weighted by atomic mass is 19.1. The van der Waals surface area contributed by atoms with Crippen molar-refractivity contribution in [1.82, 2.24) is 14.9 Å². The molecule has 29 heavy (non-hydrogen) atoms. The van der Waals surface area contributed by atoms with Crippen molar-refractivity contribution in [3.63, 3.8) is 0 Å². The first-order valence-electron chi connectivity index (χ1n) is 9.89. The summed E-state index contributed by atoms with van der Waals surface area (Å²) >= 11 is 0. The molecule has 0 N–H and O–H groups in total. The van der Waals surface area contributed by atoms with Gasteiger partial charge in [0.15, 0.2) is 0 Å². The summed E-state index contributed by atoms with van der Waals surface area (Å²) in [6.07, 6.45) is 11.3. The largest absolute Gasteiger partial charge is 0.339 e. The Morgan fingerprint density at radius 1 is 1.17 bits per heavy atom. The lowest BCUT2D eigenvalue weighted by molar-refractivity contribution is 0.0753. The number of hydrogen-bond acceptors (Lipinski definition) is 3. The van der Waals surface area contributed by atoms with Gasteiger partial charge in [-0.2, -0.15) is 0 Å². The van der Waals surface area contributed by atoms with Gasteiger partial charge in [0.1, 0.15) is 5.83 Å². The van der Waals surface area contributed by atoms with Gasteiger partial charge in [-0.3, -0.25) is 14.8 Å². The topological polar surface area (TPSA) is 46.1 Å². The summed E-state index contributed by atoms with van der Waals surface area (Å²) in [5.74, 6) is -0.465. The summed E-state index contributed by atoms with van der Waals surface area (Å²) in [6, 6.07) is 7.29. The molecular weight excluding hydrogens is 365 g/mol. The average molecular weight is 394 g/mol. The number of carbonyl (C=O) groups is 1. The second kappa shape index (κ2) is 11.7. The molecule has 0 fully saturated rings. The Morgan fingerprint density at radius 3 is 2.59 bits per heavy atom. The molecule has 0 aliphatic heterocycles. The predicted octanol–water partition coefficient (Wildman–Crippen LogP) is 5.76. The molecule has 2 aromatic rings. The molecule has 0 bridgehead atoms. The Hall–Kier alpha value is -3.08. The van der Waals surface area contributed by atoms with Crippen LogP contribution in [0, 0.1) is 0 Å². The molecule has 2 heterocycles. The third-order valence-corrected chi connectivity index (χ3v) is 4.56. The molecule has 152 valence electrons. The Balaban J connectivity index is 2.10. The zero-order valence-corrected chi connectivity index (χ0v) is 17.0.